The van der Waals surface area contributed by atoms with E-state index in [-0.39, 0.29) is 72.0 Å². The SMILES string of the molecule is CC(COC(COCC(O)CO)COCC(O)CO)COC(COCC(O)CO)COCC(O)CO. The fraction of sp³-hybridized carbons (Fsp3) is 1.00. The molecule has 0 radical (unpaired) electrons. The van der Waals surface area contributed by atoms with Crippen molar-refractivity contribution in [3.8, 4) is 0 Å². The lowest BCUT2D eigenvalue weighted by Crippen LogP contribution is -2.34. The van der Waals surface area contributed by atoms with E-state index in [0.29, 0.717) is 0 Å². The number of ether oxygens (including phenoxy) is 6. The van der Waals surface area contributed by atoms with Gasteiger partial charge >= 0.3 is 0 Å². The first-order valence-electron chi connectivity index (χ1n) is 11.9. The standard InChI is InChI=1S/C22H46O14/c1-16(6-35-21(12-31-8-17(27)2-23)13-32-9-18(28)3-24)7-36-22(14-33-10-19(29)4-25)15-34-11-20(30)5-26/h16-30H,2-15H2,1H3. The van der Waals surface area contributed by atoms with E-state index in [1.54, 1.807) is 0 Å². The Labute approximate surface area is 211 Å². The van der Waals surface area contributed by atoms with Crippen molar-refractivity contribution in [2.45, 2.75) is 43.5 Å². The van der Waals surface area contributed by atoms with E-state index >= 15 is 0 Å². The monoisotopic (exact) mass is 534 g/mol. The van der Waals surface area contributed by atoms with E-state index < -0.39 is 63.1 Å². The van der Waals surface area contributed by atoms with Crippen LogP contribution >= 0.6 is 0 Å². The molecule has 0 spiro atoms. The van der Waals surface area contributed by atoms with E-state index in [9.17, 15) is 20.4 Å². The molecule has 0 amide bonds. The molecule has 0 aromatic heterocycles. The van der Waals surface area contributed by atoms with Crippen LogP contribution in [0.25, 0.3) is 0 Å². The third-order valence-corrected chi connectivity index (χ3v) is 4.53. The second-order valence-corrected chi connectivity index (χ2v) is 8.51. The molecule has 0 aromatic rings. The molecular formula is C22H46O14. The number of hydrogen-bond donors (Lipinski definition) is 8. The molecule has 4 atom stereocenters. The Morgan fingerprint density at radius 1 is 0.417 bits per heavy atom. The van der Waals surface area contributed by atoms with Crippen LogP contribution in [0, 0.1) is 5.92 Å². The topological polar surface area (TPSA) is 217 Å². The lowest BCUT2D eigenvalue weighted by molar-refractivity contribution is -0.111. The van der Waals surface area contributed by atoms with Gasteiger partial charge in [-0.1, -0.05) is 6.92 Å². The van der Waals surface area contributed by atoms with E-state index in [2.05, 4.69) is 0 Å². The van der Waals surface area contributed by atoms with Gasteiger partial charge in [0.2, 0.25) is 0 Å². The number of aliphatic hydroxyl groups is 8. The van der Waals surface area contributed by atoms with Crippen LogP contribution in [0.2, 0.25) is 0 Å². The summed E-state index contributed by atoms with van der Waals surface area (Å²) in [6, 6.07) is 0. The summed E-state index contributed by atoms with van der Waals surface area (Å²) < 4.78 is 33.0. The molecule has 0 aliphatic heterocycles. The summed E-state index contributed by atoms with van der Waals surface area (Å²) in [5.74, 6) is -0.105. The van der Waals surface area contributed by atoms with Crippen LogP contribution in [0.3, 0.4) is 0 Å². The molecule has 0 aliphatic rings. The maximum absolute atomic E-state index is 9.41. The summed E-state index contributed by atoms with van der Waals surface area (Å²) >= 11 is 0. The zero-order chi connectivity index (χ0) is 27.2. The Balaban J connectivity index is 4.60. The Morgan fingerprint density at radius 2 is 0.667 bits per heavy atom. The summed E-state index contributed by atoms with van der Waals surface area (Å²) in [6.45, 7) is 0.467. The second kappa shape index (κ2) is 23.5. The highest BCUT2D eigenvalue weighted by molar-refractivity contribution is 4.63. The average Bonchev–Trinajstić information content (AvgIpc) is 2.88. The molecule has 8 N–H and O–H groups in total. The molecule has 0 aliphatic carbocycles. The van der Waals surface area contributed by atoms with Crippen LogP contribution in [-0.4, -0.2) is 170 Å². The third kappa shape index (κ3) is 20.5. The van der Waals surface area contributed by atoms with Crippen LogP contribution in [0.5, 0.6) is 0 Å². The van der Waals surface area contributed by atoms with Gasteiger partial charge in [-0.25, -0.2) is 0 Å². The molecule has 36 heavy (non-hydrogen) atoms. The maximum atomic E-state index is 9.41. The molecule has 0 saturated heterocycles. The van der Waals surface area contributed by atoms with Crippen molar-refractivity contribution in [1.29, 1.82) is 0 Å². The van der Waals surface area contributed by atoms with Crippen LogP contribution in [0.4, 0.5) is 0 Å². The van der Waals surface area contributed by atoms with Gasteiger partial charge in [0.15, 0.2) is 0 Å². The Morgan fingerprint density at radius 3 is 0.889 bits per heavy atom. The largest absolute Gasteiger partial charge is 0.394 e. The molecule has 218 valence electrons. The van der Waals surface area contributed by atoms with Gasteiger partial charge in [-0.15, -0.1) is 0 Å². The third-order valence-electron chi connectivity index (χ3n) is 4.53. The van der Waals surface area contributed by atoms with E-state index in [0.717, 1.165) is 0 Å². The summed E-state index contributed by atoms with van der Waals surface area (Å²) in [7, 11) is 0. The first-order chi connectivity index (χ1) is 17.2. The predicted molar refractivity (Wildman–Crippen MR) is 124 cm³/mol. The highest BCUT2D eigenvalue weighted by Crippen LogP contribution is 2.06. The van der Waals surface area contributed by atoms with E-state index in [1.165, 1.54) is 0 Å². The number of rotatable bonds is 26. The molecule has 0 bridgehead atoms. The summed E-state index contributed by atoms with van der Waals surface area (Å²) in [5, 5.41) is 73.1. The van der Waals surface area contributed by atoms with Gasteiger partial charge in [0.1, 0.15) is 36.6 Å². The van der Waals surface area contributed by atoms with Crippen molar-refractivity contribution in [3.63, 3.8) is 0 Å². The zero-order valence-electron chi connectivity index (χ0n) is 21.0. The molecule has 14 nitrogen and oxygen atoms in total. The van der Waals surface area contributed by atoms with Gasteiger partial charge < -0.3 is 69.3 Å². The minimum absolute atomic E-state index is 0.0600. The number of aliphatic hydroxyl groups excluding tert-OH is 8. The summed E-state index contributed by atoms with van der Waals surface area (Å²) in [4.78, 5) is 0. The van der Waals surface area contributed by atoms with Crippen molar-refractivity contribution in [1.82, 2.24) is 0 Å². The minimum atomic E-state index is -1.02. The molecule has 0 aromatic carbocycles. The number of hydrogen-bond acceptors (Lipinski definition) is 14. The molecule has 0 saturated carbocycles. The lowest BCUT2D eigenvalue weighted by Gasteiger charge is -2.24. The van der Waals surface area contributed by atoms with Gasteiger partial charge in [0.05, 0.1) is 92.5 Å². The fourth-order valence-corrected chi connectivity index (χ4v) is 2.49. The molecular weight excluding hydrogens is 488 g/mol. The predicted octanol–water partition coefficient (Wildman–Crippen LogP) is -4.13. The highest BCUT2D eigenvalue weighted by Gasteiger charge is 2.18. The Kier molecular flexibility index (Phi) is 23.2. The van der Waals surface area contributed by atoms with Crippen LogP contribution < -0.4 is 0 Å². The van der Waals surface area contributed by atoms with Crippen molar-refractivity contribution in [3.05, 3.63) is 0 Å². The Bertz CT molecular complexity index is 402. The highest BCUT2D eigenvalue weighted by atomic mass is 16.6. The molecule has 14 heteroatoms. The summed E-state index contributed by atoms with van der Waals surface area (Å²) in [6.07, 6.45) is -5.18. The molecule has 0 rings (SSSR count). The van der Waals surface area contributed by atoms with Gasteiger partial charge in [0, 0.05) is 5.92 Å². The zero-order valence-corrected chi connectivity index (χ0v) is 21.0. The van der Waals surface area contributed by atoms with Crippen LogP contribution in [0.15, 0.2) is 0 Å². The van der Waals surface area contributed by atoms with Gasteiger partial charge in [0.25, 0.3) is 0 Å². The van der Waals surface area contributed by atoms with Crippen molar-refractivity contribution < 1.29 is 69.3 Å². The van der Waals surface area contributed by atoms with Gasteiger partial charge in [-0.05, 0) is 0 Å². The molecule has 0 fully saturated rings. The first kappa shape index (κ1) is 35.4. The molecule has 4 unspecified atom stereocenters. The minimum Gasteiger partial charge on any atom is -0.394 e. The van der Waals surface area contributed by atoms with Crippen molar-refractivity contribution in [2.75, 3.05) is 92.5 Å². The van der Waals surface area contributed by atoms with E-state index in [1.807, 2.05) is 6.92 Å². The first-order valence-corrected chi connectivity index (χ1v) is 11.9. The second-order valence-electron chi connectivity index (χ2n) is 8.51. The van der Waals surface area contributed by atoms with Gasteiger partial charge in [-0.3, -0.25) is 0 Å². The smallest absolute Gasteiger partial charge is 0.104 e. The van der Waals surface area contributed by atoms with Gasteiger partial charge in [-0.2, -0.15) is 0 Å². The van der Waals surface area contributed by atoms with Crippen LogP contribution in [0.1, 0.15) is 6.92 Å². The lowest BCUT2D eigenvalue weighted by atomic mass is 10.2. The van der Waals surface area contributed by atoms with Crippen molar-refractivity contribution in [2.24, 2.45) is 5.92 Å². The normalized spacial score (nSPS) is 17.9. The molecule has 0 heterocycles. The summed E-state index contributed by atoms with van der Waals surface area (Å²) in [5.41, 5.74) is 0. The Hall–Kier alpha value is -0.560. The van der Waals surface area contributed by atoms with Crippen LogP contribution in [-0.2, 0) is 28.4 Å². The van der Waals surface area contributed by atoms with E-state index in [4.69, 9.17) is 48.8 Å². The fourth-order valence-electron chi connectivity index (χ4n) is 2.49. The maximum Gasteiger partial charge on any atom is 0.104 e. The average molecular weight is 535 g/mol. The quantitative estimate of drug-likeness (QED) is 0.0529. The van der Waals surface area contributed by atoms with Crippen molar-refractivity contribution >= 4 is 0 Å².